The summed E-state index contributed by atoms with van der Waals surface area (Å²) >= 11 is 0. The number of aromatic nitrogens is 2. The van der Waals surface area contributed by atoms with Crippen molar-refractivity contribution in [3.63, 3.8) is 0 Å². The minimum absolute atomic E-state index is 0.627. The highest BCUT2D eigenvalue weighted by Gasteiger charge is 2.33. The molecule has 0 amide bonds. The monoisotopic (exact) mass is 353 g/mol. The van der Waals surface area contributed by atoms with Crippen molar-refractivity contribution in [1.82, 2.24) is 25.3 Å². The van der Waals surface area contributed by atoms with Crippen molar-refractivity contribution in [3.05, 3.63) is 48.5 Å². The number of hydrogen-bond acceptors (Lipinski definition) is 4. The molecule has 2 atom stereocenters. The summed E-state index contributed by atoms with van der Waals surface area (Å²) < 4.78 is 2.28. The fraction of sp³-hybridized carbons (Fsp3) is 0.571. The van der Waals surface area contributed by atoms with Crippen LogP contribution in [0, 0.1) is 11.8 Å². The lowest BCUT2D eigenvalue weighted by Crippen LogP contribution is -2.43. The van der Waals surface area contributed by atoms with Crippen LogP contribution in [-0.4, -0.2) is 39.6 Å². The summed E-state index contributed by atoms with van der Waals surface area (Å²) in [5, 5.41) is 0. The van der Waals surface area contributed by atoms with Gasteiger partial charge in [0.1, 0.15) is 0 Å². The lowest BCUT2D eigenvalue weighted by atomic mass is 9.85. The minimum Gasteiger partial charge on any atom is -0.319 e. The standard InChI is InChI=1S/C21H31N5/c1-16(2)20-14-21(24-23-20)17-7-12-25(13-8-17)15-19-4-3-11-26(19)18-5-9-22-10-6-18/h3-6,9-11,16-17,20-21,23-24H,7-8,12-15H2,1-2H3. The number of piperidine rings is 1. The molecule has 0 aromatic carbocycles. The molecular formula is C21H31N5. The summed E-state index contributed by atoms with van der Waals surface area (Å²) in [7, 11) is 0. The van der Waals surface area contributed by atoms with E-state index >= 15 is 0 Å². The molecule has 2 aliphatic heterocycles. The van der Waals surface area contributed by atoms with Crippen LogP contribution < -0.4 is 10.9 Å². The Labute approximate surface area is 156 Å². The van der Waals surface area contributed by atoms with E-state index in [1.54, 1.807) is 0 Å². The molecule has 2 saturated heterocycles. The van der Waals surface area contributed by atoms with Gasteiger partial charge in [0.2, 0.25) is 0 Å². The highest BCUT2D eigenvalue weighted by atomic mass is 15.4. The molecule has 0 radical (unpaired) electrons. The second-order valence-electron chi connectivity index (χ2n) is 8.17. The molecule has 5 heteroatoms. The Morgan fingerprint density at radius 1 is 1.12 bits per heavy atom. The third-order valence-electron chi connectivity index (χ3n) is 6.13. The number of pyridine rings is 1. The first kappa shape index (κ1) is 17.7. The molecule has 2 aliphatic rings. The van der Waals surface area contributed by atoms with Crippen molar-refractivity contribution in [2.45, 2.75) is 51.7 Å². The summed E-state index contributed by atoms with van der Waals surface area (Å²) in [6, 6.07) is 9.79. The van der Waals surface area contributed by atoms with Crippen LogP contribution in [-0.2, 0) is 6.54 Å². The fourth-order valence-corrected chi connectivity index (χ4v) is 4.40. The highest BCUT2D eigenvalue weighted by Crippen LogP contribution is 2.28. The zero-order valence-corrected chi connectivity index (χ0v) is 15.9. The van der Waals surface area contributed by atoms with E-state index in [1.807, 2.05) is 12.4 Å². The summed E-state index contributed by atoms with van der Waals surface area (Å²) in [5.41, 5.74) is 9.62. The van der Waals surface area contributed by atoms with E-state index in [9.17, 15) is 0 Å². The Kier molecular flexibility index (Phi) is 5.38. The zero-order chi connectivity index (χ0) is 17.9. The van der Waals surface area contributed by atoms with Crippen molar-refractivity contribution in [3.8, 4) is 5.69 Å². The van der Waals surface area contributed by atoms with Gasteiger partial charge in [-0.15, -0.1) is 0 Å². The SMILES string of the molecule is CC(C)C1CC(C2CCN(Cc3cccn3-c3ccncc3)CC2)NN1. The van der Waals surface area contributed by atoms with Gasteiger partial charge in [-0.2, -0.15) is 0 Å². The van der Waals surface area contributed by atoms with Crippen molar-refractivity contribution >= 4 is 0 Å². The van der Waals surface area contributed by atoms with E-state index in [4.69, 9.17) is 0 Å². The summed E-state index contributed by atoms with van der Waals surface area (Å²) in [5.74, 6) is 1.50. The maximum Gasteiger partial charge on any atom is 0.0483 e. The number of nitrogens with one attached hydrogen (secondary N) is 2. The number of hydrazine groups is 1. The van der Waals surface area contributed by atoms with Gasteiger partial charge in [0.25, 0.3) is 0 Å². The van der Waals surface area contributed by atoms with Crippen molar-refractivity contribution in [1.29, 1.82) is 0 Å². The second kappa shape index (κ2) is 7.91. The van der Waals surface area contributed by atoms with Crippen LogP contribution >= 0.6 is 0 Å². The predicted molar refractivity (Wildman–Crippen MR) is 105 cm³/mol. The third kappa shape index (κ3) is 3.85. The molecule has 0 bridgehead atoms. The van der Waals surface area contributed by atoms with E-state index in [0.717, 1.165) is 12.5 Å². The quantitative estimate of drug-likeness (QED) is 0.867. The molecule has 5 nitrogen and oxygen atoms in total. The first-order chi connectivity index (χ1) is 12.7. The molecule has 4 rings (SSSR count). The normalized spacial score (nSPS) is 25.2. The third-order valence-corrected chi connectivity index (χ3v) is 6.13. The molecule has 2 N–H and O–H groups in total. The Bertz CT molecular complexity index is 687. The predicted octanol–water partition coefficient (Wildman–Crippen LogP) is 2.98. The fourth-order valence-electron chi connectivity index (χ4n) is 4.40. The van der Waals surface area contributed by atoms with Crippen molar-refractivity contribution in [2.24, 2.45) is 11.8 Å². The van der Waals surface area contributed by atoms with Crippen molar-refractivity contribution < 1.29 is 0 Å². The molecule has 4 heterocycles. The Morgan fingerprint density at radius 2 is 1.88 bits per heavy atom. The van der Waals surface area contributed by atoms with Crippen LogP contribution in [0.5, 0.6) is 0 Å². The molecule has 0 saturated carbocycles. The van der Waals surface area contributed by atoms with Gasteiger partial charge in [0, 0.05) is 48.6 Å². The lowest BCUT2D eigenvalue weighted by Gasteiger charge is -2.34. The number of rotatable bonds is 5. The first-order valence-corrected chi connectivity index (χ1v) is 10.0. The minimum atomic E-state index is 0.627. The van der Waals surface area contributed by atoms with Crippen LogP contribution in [0.2, 0.25) is 0 Å². The van der Waals surface area contributed by atoms with Gasteiger partial charge in [-0.05, 0) is 68.5 Å². The number of likely N-dealkylation sites (tertiary alicyclic amines) is 1. The first-order valence-electron chi connectivity index (χ1n) is 10.0. The molecular weight excluding hydrogens is 322 g/mol. The van der Waals surface area contributed by atoms with E-state index < -0.39 is 0 Å². The molecule has 2 unspecified atom stereocenters. The molecule has 0 aliphatic carbocycles. The Morgan fingerprint density at radius 3 is 2.58 bits per heavy atom. The zero-order valence-electron chi connectivity index (χ0n) is 15.9. The van der Waals surface area contributed by atoms with E-state index in [2.05, 4.69) is 69.6 Å². The van der Waals surface area contributed by atoms with Gasteiger partial charge in [0.05, 0.1) is 0 Å². The van der Waals surface area contributed by atoms with Gasteiger partial charge in [-0.1, -0.05) is 13.8 Å². The Balaban J connectivity index is 1.32. The summed E-state index contributed by atoms with van der Waals surface area (Å²) in [4.78, 5) is 6.73. The van der Waals surface area contributed by atoms with Crippen molar-refractivity contribution in [2.75, 3.05) is 13.1 Å². The highest BCUT2D eigenvalue weighted by molar-refractivity contribution is 5.32. The average molecular weight is 354 g/mol. The van der Waals surface area contributed by atoms with Crippen LogP contribution in [0.4, 0.5) is 0 Å². The van der Waals surface area contributed by atoms with Gasteiger partial charge < -0.3 is 4.57 Å². The van der Waals surface area contributed by atoms with Crippen LogP contribution in [0.1, 0.15) is 38.8 Å². The maximum atomic E-state index is 4.13. The molecule has 26 heavy (non-hydrogen) atoms. The Hall–Kier alpha value is -1.69. The van der Waals surface area contributed by atoms with Gasteiger partial charge >= 0.3 is 0 Å². The van der Waals surface area contributed by atoms with E-state index in [0.29, 0.717) is 18.0 Å². The van der Waals surface area contributed by atoms with E-state index in [1.165, 1.54) is 43.7 Å². The summed E-state index contributed by atoms with van der Waals surface area (Å²) in [6.07, 6.45) is 9.72. The molecule has 2 aromatic rings. The number of hydrogen-bond donors (Lipinski definition) is 2. The largest absolute Gasteiger partial charge is 0.319 e. The van der Waals surface area contributed by atoms with Crippen LogP contribution in [0.15, 0.2) is 42.9 Å². The molecule has 0 spiro atoms. The lowest BCUT2D eigenvalue weighted by molar-refractivity contribution is 0.153. The smallest absolute Gasteiger partial charge is 0.0483 e. The molecule has 140 valence electrons. The maximum absolute atomic E-state index is 4.13. The number of nitrogens with zero attached hydrogens (tertiary/aromatic N) is 3. The topological polar surface area (TPSA) is 45.1 Å². The van der Waals surface area contributed by atoms with Gasteiger partial charge in [0.15, 0.2) is 0 Å². The molecule has 2 aromatic heterocycles. The molecule has 2 fully saturated rings. The van der Waals surface area contributed by atoms with E-state index in [-0.39, 0.29) is 0 Å². The summed E-state index contributed by atoms with van der Waals surface area (Å²) in [6.45, 7) is 8.02. The second-order valence-corrected chi connectivity index (χ2v) is 8.17. The van der Waals surface area contributed by atoms with Crippen LogP contribution in [0.3, 0.4) is 0 Å². The average Bonchev–Trinajstić information content (AvgIpc) is 3.33. The van der Waals surface area contributed by atoms with Crippen LogP contribution in [0.25, 0.3) is 5.69 Å². The van der Waals surface area contributed by atoms with Gasteiger partial charge in [-0.25, -0.2) is 0 Å². The van der Waals surface area contributed by atoms with Gasteiger partial charge in [-0.3, -0.25) is 20.7 Å².